The van der Waals surface area contributed by atoms with Crippen LogP contribution in [0.3, 0.4) is 0 Å². The summed E-state index contributed by atoms with van der Waals surface area (Å²) < 4.78 is 28.6. The zero-order valence-electron chi connectivity index (χ0n) is 11.2. The summed E-state index contributed by atoms with van der Waals surface area (Å²) in [5.74, 6) is 0.421. The summed E-state index contributed by atoms with van der Waals surface area (Å²) in [5, 5.41) is 0. The highest BCUT2D eigenvalue weighted by Crippen LogP contribution is 2.20. The topological polar surface area (TPSA) is 75.4 Å². The second kappa shape index (κ2) is 5.90. The minimum Gasteiger partial charge on any atom is -0.326 e. The maximum atomic E-state index is 12.2. The lowest BCUT2D eigenvalue weighted by molar-refractivity contribution is 0.282. The number of nitrogens with one attached hydrogen (secondary N) is 1. The van der Waals surface area contributed by atoms with Crippen LogP contribution in [-0.4, -0.2) is 25.8 Å². The lowest BCUT2D eigenvalue weighted by atomic mass is 10.0. The molecule has 6 heteroatoms. The summed E-state index contributed by atoms with van der Waals surface area (Å²) in [6.45, 7) is 3.73. The van der Waals surface area contributed by atoms with E-state index in [1.54, 1.807) is 12.1 Å². The second-order valence-corrected chi connectivity index (χ2v) is 6.78. The molecule has 1 aromatic rings. The van der Waals surface area contributed by atoms with Crippen LogP contribution in [-0.2, 0) is 16.8 Å². The molecule has 1 unspecified atom stereocenters. The van der Waals surface area contributed by atoms with E-state index in [0.717, 1.165) is 18.4 Å². The molecule has 1 saturated heterocycles. The van der Waals surface area contributed by atoms with Gasteiger partial charge in [0, 0.05) is 25.3 Å². The molecule has 5 nitrogen and oxygen atoms in total. The number of rotatable bonds is 4. The number of nitrogens with zero attached hydrogens (tertiary/aromatic N) is 1. The van der Waals surface area contributed by atoms with Gasteiger partial charge >= 0.3 is 10.2 Å². The van der Waals surface area contributed by atoms with Crippen LogP contribution in [0.25, 0.3) is 0 Å². The zero-order chi connectivity index (χ0) is 13.9. The average molecular weight is 283 g/mol. The lowest BCUT2D eigenvalue weighted by Crippen LogP contribution is -2.42. The molecule has 0 radical (unpaired) electrons. The van der Waals surface area contributed by atoms with Gasteiger partial charge in [0.05, 0.1) is 0 Å². The molecule has 1 fully saturated rings. The zero-order valence-corrected chi connectivity index (χ0v) is 12.0. The lowest BCUT2D eigenvalue weighted by Gasteiger charge is -2.30. The van der Waals surface area contributed by atoms with Gasteiger partial charge in [-0.25, -0.2) is 0 Å². The van der Waals surface area contributed by atoms with Crippen molar-refractivity contribution in [3.63, 3.8) is 0 Å². The third kappa shape index (κ3) is 3.68. The number of benzene rings is 1. The van der Waals surface area contributed by atoms with Gasteiger partial charge in [0.15, 0.2) is 0 Å². The van der Waals surface area contributed by atoms with Crippen LogP contribution >= 0.6 is 0 Å². The van der Waals surface area contributed by atoms with Gasteiger partial charge in [-0.05, 0) is 36.5 Å². The highest BCUT2D eigenvalue weighted by molar-refractivity contribution is 7.90. The highest BCUT2D eigenvalue weighted by Gasteiger charge is 2.26. The van der Waals surface area contributed by atoms with Crippen LogP contribution in [0.4, 0.5) is 5.69 Å². The summed E-state index contributed by atoms with van der Waals surface area (Å²) in [4.78, 5) is 0. The van der Waals surface area contributed by atoms with E-state index in [0.29, 0.717) is 31.2 Å². The van der Waals surface area contributed by atoms with Crippen molar-refractivity contribution in [1.29, 1.82) is 0 Å². The number of piperidine rings is 1. The number of nitrogens with two attached hydrogens (primary N) is 1. The fourth-order valence-electron chi connectivity index (χ4n) is 2.29. The summed E-state index contributed by atoms with van der Waals surface area (Å²) in [6.07, 6.45) is 2.02. The first-order valence-corrected chi connectivity index (χ1v) is 8.02. The predicted octanol–water partition coefficient (Wildman–Crippen LogP) is 1.53. The molecule has 1 atom stereocenters. The van der Waals surface area contributed by atoms with Gasteiger partial charge in [-0.15, -0.1) is 0 Å². The minimum atomic E-state index is -3.44. The SMILES string of the molecule is CC1CCCN(S(=O)(=O)Nc2ccc(CN)cc2)C1. The maximum absolute atomic E-state index is 12.2. The molecule has 1 aliphatic heterocycles. The van der Waals surface area contributed by atoms with E-state index in [1.807, 2.05) is 12.1 Å². The van der Waals surface area contributed by atoms with Crippen LogP contribution in [0.2, 0.25) is 0 Å². The number of hydrogen-bond acceptors (Lipinski definition) is 3. The van der Waals surface area contributed by atoms with Crippen molar-refractivity contribution in [2.24, 2.45) is 11.7 Å². The smallest absolute Gasteiger partial charge is 0.301 e. The van der Waals surface area contributed by atoms with Crippen LogP contribution in [0.5, 0.6) is 0 Å². The molecule has 1 heterocycles. The maximum Gasteiger partial charge on any atom is 0.301 e. The van der Waals surface area contributed by atoms with Gasteiger partial charge in [-0.1, -0.05) is 19.1 Å². The molecule has 19 heavy (non-hydrogen) atoms. The van der Waals surface area contributed by atoms with Crippen LogP contribution in [0.15, 0.2) is 24.3 Å². The number of hydrogen-bond donors (Lipinski definition) is 2. The van der Waals surface area contributed by atoms with Crippen LogP contribution in [0, 0.1) is 5.92 Å². The molecule has 106 valence electrons. The molecule has 0 aromatic heterocycles. The summed E-state index contributed by atoms with van der Waals surface area (Å²) >= 11 is 0. The monoisotopic (exact) mass is 283 g/mol. The number of anilines is 1. The molecule has 3 N–H and O–H groups in total. The van der Waals surface area contributed by atoms with E-state index in [9.17, 15) is 8.42 Å². The fourth-order valence-corrected chi connectivity index (χ4v) is 3.67. The first-order valence-electron chi connectivity index (χ1n) is 6.58. The molecule has 0 spiro atoms. The third-order valence-corrected chi connectivity index (χ3v) is 4.90. The molecule has 0 aliphatic carbocycles. The van der Waals surface area contributed by atoms with Crippen molar-refractivity contribution < 1.29 is 8.42 Å². The minimum absolute atomic E-state index is 0.421. The van der Waals surface area contributed by atoms with Crippen LogP contribution in [0.1, 0.15) is 25.3 Å². The molecule has 1 aliphatic rings. The van der Waals surface area contributed by atoms with Crippen molar-refractivity contribution >= 4 is 15.9 Å². The molecule has 0 saturated carbocycles. The Morgan fingerprint density at radius 3 is 2.63 bits per heavy atom. The van der Waals surface area contributed by atoms with Crippen molar-refractivity contribution in [2.75, 3.05) is 17.8 Å². The van der Waals surface area contributed by atoms with Crippen molar-refractivity contribution in [3.05, 3.63) is 29.8 Å². The van der Waals surface area contributed by atoms with Crippen molar-refractivity contribution in [1.82, 2.24) is 4.31 Å². The van der Waals surface area contributed by atoms with Gasteiger partial charge in [0.25, 0.3) is 0 Å². The molecule has 1 aromatic carbocycles. The van der Waals surface area contributed by atoms with E-state index in [1.165, 1.54) is 4.31 Å². The normalized spacial score (nSPS) is 21.3. The fraction of sp³-hybridized carbons (Fsp3) is 0.538. The second-order valence-electron chi connectivity index (χ2n) is 5.11. The molecule has 2 rings (SSSR count). The third-order valence-electron chi connectivity index (χ3n) is 3.40. The Labute approximate surface area is 115 Å². The van der Waals surface area contributed by atoms with Crippen LogP contribution < -0.4 is 10.5 Å². The summed E-state index contributed by atoms with van der Waals surface area (Å²) in [5.41, 5.74) is 7.07. The standard InChI is InChI=1S/C13H21N3O2S/c1-11-3-2-8-16(10-11)19(17,18)15-13-6-4-12(9-14)5-7-13/h4-7,11,15H,2-3,8-10,14H2,1H3. The summed E-state index contributed by atoms with van der Waals surface area (Å²) in [7, 11) is -3.44. The average Bonchev–Trinajstić information content (AvgIpc) is 2.39. The molecular formula is C13H21N3O2S. The Kier molecular flexibility index (Phi) is 4.44. The molecule has 0 amide bonds. The van der Waals surface area contributed by atoms with E-state index in [-0.39, 0.29) is 0 Å². The van der Waals surface area contributed by atoms with Gasteiger partial charge in [0.1, 0.15) is 0 Å². The first-order chi connectivity index (χ1) is 9.01. The van der Waals surface area contributed by atoms with Gasteiger partial charge < -0.3 is 5.73 Å². The van der Waals surface area contributed by atoms with E-state index in [2.05, 4.69) is 11.6 Å². The predicted molar refractivity (Wildman–Crippen MR) is 76.8 cm³/mol. The van der Waals surface area contributed by atoms with E-state index >= 15 is 0 Å². The quantitative estimate of drug-likeness (QED) is 0.880. The Balaban J connectivity index is 2.07. The van der Waals surface area contributed by atoms with E-state index in [4.69, 9.17) is 5.73 Å². The van der Waals surface area contributed by atoms with E-state index < -0.39 is 10.2 Å². The Morgan fingerprint density at radius 1 is 1.37 bits per heavy atom. The molecular weight excluding hydrogens is 262 g/mol. The first kappa shape index (κ1) is 14.3. The van der Waals surface area contributed by atoms with Crippen molar-refractivity contribution in [3.8, 4) is 0 Å². The highest BCUT2D eigenvalue weighted by atomic mass is 32.2. The van der Waals surface area contributed by atoms with Crippen molar-refractivity contribution in [2.45, 2.75) is 26.3 Å². The van der Waals surface area contributed by atoms with Gasteiger partial charge in [-0.3, -0.25) is 4.72 Å². The Hall–Kier alpha value is -1.11. The summed E-state index contributed by atoms with van der Waals surface area (Å²) in [6, 6.07) is 7.15. The van der Waals surface area contributed by atoms with Gasteiger partial charge in [0.2, 0.25) is 0 Å². The Bertz CT molecular complexity index is 513. The largest absolute Gasteiger partial charge is 0.326 e. The Morgan fingerprint density at radius 2 is 2.05 bits per heavy atom. The van der Waals surface area contributed by atoms with Gasteiger partial charge in [-0.2, -0.15) is 12.7 Å². The molecule has 0 bridgehead atoms.